The van der Waals surface area contributed by atoms with Crippen molar-refractivity contribution in [1.29, 1.82) is 0 Å². The minimum absolute atomic E-state index is 0.712. The van der Waals surface area contributed by atoms with Gasteiger partial charge in [0.2, 0.25) is 0 Å². The van der Waals surface area contributed by atoms with Crippen LogP contribution in [0, 0.1) is 0 Å². The summed E-state index contributed by atoms with van der Waals surface area (Å²) in [5.41, 5.74) is 6.36. The minimum Gasteiger partial charge on any atom is -0.464 e. The van der Waals surface area contributed by atoms with Gasteiger partial charge in [-0.15, -0.1) is 0 Å². The molecule has 0 aliphatic carbocycles. The first-order valence-electron chi connectivity index (χ1n) is 10.7. The van der Waals surface area contributed by atoms with Crippen molar-refractivity contribution >= 4 is 22.3 Å². The zero-order valence-corrected chi connectivity index (χ0v) is 17.2. The molecule has 0 radical (unpaired) electrons. The van der Waals surface area contributed by atoms with Crippen LogP contribution in [0.3, 0.4) is 0 Å². The van der Waals surface area contributed by atoms with Gasteiger partial charge in [0.15, 0.2) is 11.5 Å². The third kappa shape index (κ3) is 3.45. The Bertz CT molecular complexity index is 1350. The SMILES string of the molecule is c1cc(-c2ccc3occc3c2)n2nc(Cc3ccc(N4CCNCC4)cc3)nc2c1. The fourth-order valence-electron chi connectivity index (χ4n) is 4.30. The molecule has 2 aromatic carbocycles. The summed E-state index contributed by atoms with van der Waals surface area (Å²) < 4.78 is 7.41. The van der Waals surface area contributed by atoms with E-state index >= 15 is 0 Å². The van der Waals surface area contributed by atoms with Crippen molar-refractivity contribution in [1.82, 2.24) is 19.9 Å². The van der Waals surface area contributed by atoms with Crippen molar-refractivity contribution in [2.75, 3.05) is 31.1 Å². The first-order valence-corrected chi connectivity index (χ1v) is 10.7. The van der Waals surface area contributed by atoms with Gasteiger partial charge in [0.05, 0.1) is 12.0 Å². The maximum Gasteiger partial charge on any atom is 0.156 e. The minimum atomic E-state index is 0.712. The van der Waals surface area contributed by atoms with Gasteiger partial charge >= 0.3 is 0 Å². The summed E-state index contributed by atoms with van der Waals surface area (Å²) in [6.07, 6.45) is 2.43. The summed E-state index contributed by atoms with van der Waals surface area (Å²) >= 11 is 0. The maximum absolute atomic E-state index is 5.47. The Kier molecular flexibility index (Phi) is 4.43. The van der Waals surface area contributed by atoms with Crippen LogP contribution in [-0.4, -0.2) is 40.8 Å². The van der Waals surface area contributed by atoms with E-state index < -0.39 is 0 Å². The number of fused-ring (bicyclic) bond motifs is 2. The number of pyridine rings is 1. The van der Waals surface area contributed by atoms with Crippen LogP contribution >= 0.6 is 0 Å². The van der Waals surface area contributed by atoms with Gasteiger partial charge in [0, 0.05) is 49.2 Å². The van der Waals surface area contributed by atoms with Gasteiger partial charge in [-0.3, -0.25) is 0 Å². The fourth-order valence-corrected chi connectivity index (χ4v) is 4.30. The van der Waals surface area contributed by atoms with Crippen LogP contribution in [0.25, 0.3) is 27.9 Å². The number of aromatic nitrogens is 3. The zero-order chi connectivity index (χ0) is 20.6. The standard InChI is InChI=1S/C25H23N5O/c1-2-22(19-6-9-23-20(17-19)10-15-31-23)30-25(3-1)27-24(28-30)16-18-4-7-21(8-5-18)29-13-11-26-12-14-29/h1-10,15,17,26H,11-14,16H2. The van der Waals surface area contributed by atoms with E-state index in [1.807, 2.05) is 28.8 Å². The number of hydrogen-bond donors (Lipinski definition) is 1. The molecule has 1 saturated heterocycles. The van der Waals surface area contributed by atoms with Crippen LogP contribution < -0.4 is 10.2 Å². The van der Waals surface area contributed by atoms with E-state index in [1.54, 1.807) is 6.26 Å². The van der Waals surface area contributed by atoms with E-state index in [0.717, 1.165) is 59.9 Å². The highest BCUT2D eigenvalue weighted by Crippen LogP contribution is 2.26. The van der Waals surface area contributed by atoms with Gasteiger partial charge in [-0.1, -0.05) is 18.2 Å². The molecule has 154 valence electrons. The number of rotatable bonds is 4. The Morgan fingerprint density at radius 1 is 0.935 bits per heavy atom. The third-order valence-corrected chi connectivity index (χ3v) is 5.93. The number of nitrogens with one attached hydrogen (secondary N) is 1. The van der Waals surface area contributed by atoms with Crippen LogP contribution in [0.4, 0.5) is 5.69 Å². The average molecular weight is 409 g/mol. The van der Waals surface area contributed by atoms with Gasteiger partial charge in [-0.25, -0.2) is 9.50 Å². The van der Waals surface area contributed by atoms with Gasteiger partial charge in [0.1, 0.15) is 5.58 Å². The van der Waals surface area contributed by atoms with Crippen LogP contribution in [0.5, 0.6) is 0 Å². The lowest BCUT2D eigenvalue weighted by Crippen LogP contribution is -2.43. The first kappa shape index (κ1) is 18.2. The quantitative estimate of drug-likeness (QED) is 0.483. The second kappa shape index (κ2) is 7.56. The highest BCUT2D eigenvalue weighted by molar-refractivity contribution is 5.83. The number of furan rings is 1. The molecule has 0 saturated carbocycles. The molecule has 6 nitrogen and oxygen atoms in total. The Balaban J connectivity index is 1.29. The van der Waals surface area contributed by atoms with E-state index in [4.69, 9.17) is 14.5 Å². The molecule has 6 rings (SSSR count). The fraction of sp³-hybridized carbons (Fsp3) is 0.200. The molecule has 3 aromatic heterocycles. The van der Waals surface area contributed by atoms with Gasteiger partial charge in [0.25, 0.3) is 0 Å². The average Bonchev–Trinajstić information content (AvgIpc) is 3.46. The highest BCUT2D eigenvalue weighted by atomic mass is 16.3. The summed E-state index contributed by atoms with van der Waals surface area (Å²) in [5.74, 6) is 0.826. The molecule has 5 aromatic rings. The number of nitrogens with zero attached hydrogens (tertiary/aromatic N) is 4. The number of hydrogen-bond acceptors (Lipinski definition) is 5. The monoisotopic (exact) mass is 409 g/mol. The lowest BCUT2D eigenvalue weighted by molar-refractivity contribution is 0.589. The molecule has 0 amide bonds. The molecule has 1 N–H and O–H groups in total. The highest BCUT2D eigenvalue weighted by Gasteiger charge is 2.12. The summed E-state index contributed by atoms with van der Waals surface area (Å²) in [5, 5.41) is 9.31. The molecule has 0 unspecified atom stereocenters. The van der Waals surface area contributed by atoms with Crippen molar-refractivity contribution in [3.05, 3.63) is 84.4 Å². The van der Waals surface area contributed by atoms with Gasteiger partial charge < -0.3 is 14.6 Å². The molecule has 1 fully saturated rings. The first-order chi connectivity index (χ1) is 15.3. The Morgan fingerprint density at radius 3 is 2.68 bits per heavy atom. The van der Waals surface area contributed by atoms with E-state index in [9.17, 15) is 0 Å². The lowest BCUT2D eigenvalue weighted by atomic mass is 10.1. The van der Waals surface area contributed by atoms with E-state index in [1.165, 1.54) is 11.3 Å². The molecular weight excluding hydrogens is 386 g/mol. The van der Waals surface area contributed by atoms with Crippen molar-refractivity contribution in [2.45, 2.75) is 6.42 Å². The number of benzene rings is 2. The Hall–Kier alpha value is -3.64. The second-order valence-electron chi connectivity index (χ2n) is 7.96. The summed E-state index contributed by atoms with van der Waals surface area (Å²) in [7, 11) is 0. The van der Waals surface area contributed by atoms with E-state index in [0.29, 0.717) is 6.42 Å². The van der Waals surface area contributed by atoms with Crippen LogP contribution in [-0.2, 0) is 6.42 Å². The zero-order valence-electron chi connectivity index (χ0n) is 17.2. The molecular formula is C25H23N5O. The molecule has 0 spiro atoms. The Morgan fingerprint density at radius 2 is 1.81 bits per heavy atom. The van der Waals surface area contributed by atoms with E-state index in [-0.39, 0.29) is 0 Å². The maximum atomic E-state index is 5.47. The topological polar surface area (TPSA) is 58.6 Å². The summed E-state index contributed by atoms with van der Waals surface area (Å²) in [6.45, 7) is 4.20. The largest absolute Gasteiger partial charge is 0.464 e. The second-order valence-corrected chi connectivity index (χ2v) is 7.96. The molecule has 6 heteroatoms. The molecule has 1 aliphatic heterocycles. The van der Waals surface area contributed by atoms with E-state index in [2.05, 4.69) is 52.7 Å². The molecule has 0 atom stereocenters. The number of anilines is 1. The molecule has 0 bridgehead atoms. The normalized spacial score (nSPS) is 14.5. The van der Waals surface area contributed by atoms with Crippen molar-refractivity contribution in [2.24, 2.45) is 0 Å². The summed E-state index contributed by atoms with van der Waals surface area (Å²) in [6, 6.07) is 23.1. The smallest absolute Gasteiger partial charge is 0.156 e. The predicted octanol–water partition coefficient (Wildman–Crippen LogP) is 4.14. The van der Waals surface area contributed by atoms with Gasteiger partial charge in [-0.2, -0.15) is 5.10 Å². The molecule has 31 heavy (non-hydrogen) atoms. The summed E-state index contributed by atoms with van der Waals surface area (Å²) in [4.78, 5) is 7.20. The van der Waals surface area contributed by atoms with Crippen LogP contribution in [0.15, 0.2) is 77.4 Å². The van der Waals surface area contributed by atoms with Crippen molar-refractivity contribution in [3.8, 4) is 11.3 Å². The third-order valence-electron chi connectivity index (χ3n) is 5.93. The van der Waals surface area contributed by atoms with Crippen LogP contribution in [0.2, 0.25) is 0 Å². The number of piperazine rings is 1. The lowest BCUT2D eigenvalue weighted by Gasteiger charge is -2.29. The molecule has 4 heterocycles. The Labute approximate surface area is 180 Å². The van der Waals surface area contributed by atoms with Crippen molar-refractivity contribution < 1.29 is 4.42 Å². The van der Waals surface area contributed by atoms with Gasteiger partial charge in [-0.05, 0) is 54.1 Å². The molecule has 1 aliphatic rings. The van der Waals surface area contributed by atoms with Crippen LogP contribution in [0.1, 0.15) is 11.4 Å². The predicted molar refractivity (Wildman–Crippen MR) is 123 cm³/mol. The van der Waals surface area contributed by atoms with Crippen molar-refractivity contribution in [3.63, 3.8) is 0 Å².